The van der Waals surface area contributed by atoms with Gasteiger partial charge in [0.2, 0.25) is 5.91 Å². The van der Waals surface area contributed by atoms with Gasteiger partial charge < -0.3 is 10.2 Å². The van der Waals surface area contributed by atoms with Crippen LogP contribution in [-0.4, -0.2) is 46.6 Å². The van der Waals surface area contributed by atoms with Gasteiger partial charge in [0, 0.05) is 16.7 Å². The molecule has 1 saturated heterocycles. The van der Waals surface area contributed by atoms with Crippen molar-refractivity contribution in [2.75, 3.05) is 18.0 Å². The summed E-state index contributed by atoms with van der Waals surface area (Å²) in [6.07, 6.45) is 4.44. The fraction of sp³-hybridized carbons (Fsp3) is 0.571. The highest BCUT2D eigenvalue weighted by Gasteiger charge is 2.55. The van der Waals surface area contributed by atoms with E-state index in [9.17, 15) is 14.4 Å². The van der Waals surface area contributed by atoms with Gasteiger partial charge in [-0.25, -0.2) is 4.79 Å². The normalized spacial score (nSPS) is 30.2. The number of imide groups is 1. The number of thioether (sulfide) groups is 1. The fourth-order valence-corrected chi connectivity index (χ4v) is 5.72. The molecule has 0 unspecified atom stereocenters. The summed E-state index contributed by atoms with van der Waals surface area (Å²) in [5.74, 6) is -0.343. The van der Waals surface area contributed by atoms with Gasteiger partial charge in [-0.3, -0.25) is 14.5 Å². The first-order valence-corrected chi connectivity index (χ1v) is 11.0. The third-order valence-corrected chi connectivity index (χ3v) is 7.58. The predicted molar refractivity (Wildman–Crippen MR) is 109 cm³/mol. The Bertz CT molecular complexity index is 814. The van der Waals surface area contributed by atoms with Gasteiger partial charge in [-0.15, -0.1) is 11.8 Å². The summed E-state index contributed by atoms with van der Waals surface area (Å²) in [6, 6.07) is 7.42. The van der Waals surface area contributed by atoms with Crippen molar-refractivity contribution in [1.29, 1.82) is 0 Å². The number of hydrogen-bond donors (Lipinski definition) is 1. The number of rotatable bonds is 2. The molecule has 1 aliphatic carbocycles. The Morgan fingerprint density at radius 2 is 2.00 bits per heavy atom. The molecule has 1 aromatic rings. The number of hydrogen-bond acceptors (Lipinski definition) is 4. The average Bonchev–Trinajstić information content (AvgIpc) is 2.81. The Kier molecular flexibility index (Phi) is 5.12. The van der Waals surface area contributed by atoms with Gasteiger partial charge in [0.05, 0.1) is 5.69 Å². The Morgan fingerprint density at radius 3 is 2.79 bits per heavy atom. The van der Waals surface area contributed by atoms with Crippen LogP contribution in [0.5, 0.6) is 0 Å². The largest absolute Gasteiger partial charge is 0.325 e. The molecule has 0 radical (unpaired) electrons. The molecule has 2 fully saturated rings. The van der Waals surface area contributed by atoms with Crippen LogP contribution in [0.25, 0.3) is 0 Å². The van der Waals surface area contributed by atoms with Gasteiger partial charge in [-0.1, -0.05) is 38.8 Å². The van der Waals surface area contributed by atoms with Crippen molar-refractivity contribution in [2.45, 2.75) is 61.6 Å². The summed E-state index contributed by atoms with van der Waals surface area (Å²) in [7, 11) is 0. The van der Waals surface area contributed by atoms with E-state index in [4.69, 9.17) is 0 Å². The van der Waals surface area contributed by atoms with Crippen LogP contribution >= 0.6 is 11.8 Å². The fourth-order valence-electron chi connectivity index (χ4n) is 4.61. The summed E-state index contributed by atoms with van der Waals surface area (Å²) < 4.78 is 0. The quantitative estimate of drug-likeness (QED) is 0.771. The molecule has 0 aromatic heterocycles. The molecule has 4 amide bonds. The van der Waals surface area contributed by atoms with E-state index in [2.05, 4.69) is 12.2 Å². The second kappa shape index (κ2) is 7.43. The van der Waals surface area contributed by atoms with Gasteiger partial charge in [-0.2, -0.15) is 0 Å². The zero-order chi connectivity index (χ0) is 19.9. The average molecular weight is 402 g/mol. The molecule has 3 aliphatic rings. The van der Waals surface area contributed by atoms with E-state index in [0.717, 1.165) is 41.2 Å². The highest BCUT2D eigenvalue weighted by atomic mass is 32.2. The van der Waals surface area contributed by atoms with E-state index in [1.807, 2.05) is 31.2 Å². The molecule has 1 spiro atoms. The smallest absolute Gasteiger partial charge is 0.323 e. The van der Waals surface area contributed by atoms with Crippen LogP contribution in [-0.2, 0) is 9.59 Å². The maximum Gasteiger partial charge on any atom is 0.325 e. The topological polar surface area (TPSA) is 69.7 Å². The first kappa shape index (κ1) is 19.3. The second-order valence-electron chi connectivity index (χ2n) is 8.17. The first-order chi connectivity index (χ1) is 13.4. The molecule has 4 rings (SSSR count). The van der Waals surface area contributed by atoms with E-state index in [1.54, 1.807) is 16.7 Å². The molecule has 0 bridgehead atoms. The van der Waals surface area contributed by atoms with Crippen LogP contribution in [0, 0.1) is 5.92 Å². The van der Waals surface area contributed by atoms with Crippen molar-refractivity contribution >= 4 is 35.3 Å². The SMILES string of the molecule is C[C@@H]1CCN(C(=O)CN2C(=O)N[C@]3(CCCC[C@@H]3C)C2=O)c2ccccc2S1. The minimum absolute atomic E-state index is 0.0916. The van der Waals surface area contributed by atoms with Gasteiger partial charge in [0.25, 0.3) is 5.91 Å². The highest BCUT2D eigenvalue weighted by Crippen LogP contribution is 2.39. The molecule has 28 heavy (non-hydrogen) atoms. The maximum atomic E-state index is 13.2. The van der Waals surface area contributed by atoms with Crippen molar-refractivity contribution in [2.24, 2.45) is 5.92 Å². The molecule has 1 saturated carbocycles. The molecule has 3 atom stereocenters. The third-order valence-electron chi connectivity index (χ3n) is 6.34. The van der Waals surface area contributed by atoms with Crippen LogP contribution in [0.15, 0.2) is 29.2 Å². The molecule has 6 nitrogen and oxygen atoms in total. The summed E-state index contributed by atoms with van der Waals surface area (Å²) in [6.45, 7) is 4.56. The van der Waals surface area contributed by atoms with E-state index in [0.29, 0.717) is 18.2 Å². The molecule has 2 aliphatic heterocycles. The van der Waals surface area contributed by atoms with E-state index in [-0.39, 0.29) is 24.3 Å². The Morgan fingerprint density at radius 1 is 1.21 bits per heavy atom. The molecule has 150 valence electrons. The number of amides is 4. The molecule has 2 heterocycles. The third kappa shape index (κ3) is 3.19. The zero-order valence-electron chi connectivity index (χ0n) is 16.4. The number of nitrogens with one attached hydrogen (secondary N) is 1. The summed E-state index contributed by atoms with van der Waals surface area (Å²) >= 11 is 1.76. The Hall–Kier alpha value is -2.02. The lowest BCUT2D eigenvalue weighted by atomic mass is 9.73. The summed E-state index contributed by atoms with van der Waals surface area (Å²) in [5, 5.41) is 3.33. The highest BCUT2D eigenvalue weighted by molar-refractivity contribution is 8.00. The van der Waals surface area contributed by atoms with Crippen LogP contribution in [0.4, 0.5) is 10.5 Å². The Labute approximate surface area is 170 Å². The van der Waals surface area contributed by atoms with Crippen LogP contribution < -0.4 is 10.2 Å². The first-order valence-electron chi connectivity index (χ1n) is 10.1. The molecule has 1 N–H and O–H groups in total. The van der Waals surface area contributed by atoms with E-state index < -0.39 is 11.6 Å². The van der Waals surface area contributed by atoms with Crippen LogP contribution in [0.1, 0.15) is 46.0 Å². The summed E-state index contributed by atoms with van der Waals surface area (Å²) in [5.41, 5.74) is 0.0473. The summed E-state index contributed by atoms with van der Waals surface area (Å²) in [4.78, 5) is 42.9. The predicted octanol–water partition coefficient (Wildman–Crippen LogP) is 3.40. The van der Waals surface area contributed by atoms with E-state index >= 15 is 0 Å². The zero-order valence-corrected chi connectivity index (χ0v) is 17.3. The Balaban J connectivity index is 1.55. The standard InChI is InChI=1S/C21H27N3O3S/c1-14-7-5-6-11-21(14)19(26)24(20(27)22-21)13-18(25)23-12-10-15(2)28-17-9-4-3-8-16(17)23/h3-4,8-9,14-15H,5-7,10-13H2,1-2H3,(H,22,27)/t14-,15+,21-/m0/s1. The number of carbonyl (C=O) groups excluding carboxylic acids is 3. The molecular formula is C21H27N3O3S. The second-order valence-corrected chi connectivity index (χ2v) is 9.65. The molecular weight excluding hydrogens is 374 g/mol. The lowest BCUT2D eigenvalue weighted by molar-refractivity contribution is -0.136. The number of carbonyl (C=O) groups is 3. The van der Waals surface area contributed by atoms with Crippen molar-refractivity contribution in [3.05, 3.63) is 24.3 Å². The van der Waals surface area contributed by atoms with Crippen molar-refractivity contribution in [3.63, 3.8) is 0 Å². The van der Waals surface area contributed by atoms with Gasteiger partial charge >= 0.3 is 6.03 Å². The number of nitrogens with zero attached hydrogens (tertiary/aromatic N) is 2. The van der Waals surface area contributed by atoms with Crippen molar-refractivity contribution in [3.8, 4) is 0 Å². The van der Waals surface area contributed by atoms with Gasteiger partial charge in [0.15, 0.2) is 0 Å². The monoisotopic (exact) mass is 401 g/mol. The van der Waals surface area contributed by atoms with Crippen molar-refractivity contribution < 1.29 is 14.4 Å². The number of anilines is 1. The van der Waals surface area contributed by atoms with E-state index in [1.165, 1.54) is 0 Å². The number of para-hydroxylation sites is 1. The minimum atomic E-state index is -0.823. The lowest BCUT2D eigenvalue weighted by Gasteiger charge is -2.36. The lowest BCUT2D eigenvalue weighted by Crippen LogP contribution is -2.54. The molecule has 1 aromatic carbocycles. The van der Waals surface area contributed by atoms with Gasteiger partial charge in [0.1, 0.15) is 12.1 Å². The van der Waals surface area contributed by atoms with Crippen LogP contribution in [0.2, 0.25) is 0 Å². The van der Waals surface area contributed by atoms with Gasteiger partial charge in [-0.05, 0) is 37.3 Å². The minimum Gasteiger partial charge on any atom is -0.323 e. The van der Waals surface area contributed by atoms with Crippen molar-refractivity contribution in [1.82, 2.24) is 10.2 Å². The number of fused-ring (bicyclic) bond motifs is 1. The van der Waals surface area contributed by atoms with Crippen LogP contribution in [0.3, 0.4) is 0 Å². The molecule has 7 heteroatoms. The number of urea groups is 1. The maximum absolute atomic E-state index is 13.2. The number of benzene rings is 1.